The van der Waals surface area contributed by atoms with E-state index in [9.17, 15) is 15.3 Å². The molecule has 0 radical (unpaired) electrons. The van der Waals surface area contributed by atoms with Crippen LogP contribution in [0.25, 0.3) is 0 Å². The first-order valence-electron chi connectivity index (χ1n) is 9.81. The Balaban J connectivity index is 2.03. The molecule has 2 atom stereocenters. The molecule has 0 N–H and O–H groups in total. The number of carbonyl (C=O) groups is 1. The third-order valence-corrected chi connectivity index (χ3v) is 6.47. The first-order valence-corrected chi connectivity index (χ1v) is 10.6. The Kier molecular flexibility index (Phi) is 5.16. The van der Waals surface area contributed by atoms with Crippen molar-refractivity contribution in [2.75, 3.05) is 6.61 Å². The predicted molar refractivity (Wildman–Crippen MR) is 119 cm³/mol. The average Bonchev–Trinajstić information content (AvgIpc) is 3.00. The summed E-state index contributed by atoms with van der Waals surface area (Å²) in [5, 5.41) is 26.1. The van der Waals surface area contributed by atoms with Crippen molar-refractivity contribution < 1.29 is 9.53 Å². The average molecular weight is 475 g/mol. The second-order valence-electron chi connectivity index (χ2n) is 7.53. The zero-order chi connectivity index (χ0) is 22.2. The lowest BCUT2D eigenvalue weighted by molar-refractivity contribution is -0.155. The van der Waals surface area contributed by atoms with Gasteiger partial charge < -0.3 is 4.74 Å². The maximum Gasteiger partial charge on any atom is 0.319 e. The van der Waals surface area contributed by atoms with Crippen molar-refractivity contribution in [1.82, 2.24) is 5.01 Å². The summed E-state index contributed by atoms with van der Waals surface area (Å²) in [4.78, 5) is 13.7. The first-order chi connectivity index (χ1) is 14.9. The normalized spacial score (nSPS) is 22.8. The molecule has 6 nitrogen and oxygen atoms in total. The van der Waals surface area contributed by atoms with Gasteiger partial charge in [-0.15, -0.1) is 0 Å². The summed E-state index contributed by atoms with van der Waals surface area (Å²) in [5.41, 5.74) is -0.520. The van der Waals surface area contributed by atoms with Gasteiger partial charge in [0.15, 0.2) is 0 Å². The van der Waals surface area contributed by atoms with Crippen molar-refractivity contribution in [3.05, 3.63) is 81.8 Å². The van der Waals surface area contributed by atoms with Crippen LogP contribution in [-0.2, 0) is 16.0 Å². The van der Waals surface area contributed by atoms with E-state index in [1.807, 2.05) is 48.5 Å². The fraction of sp³-hybridized carbons (Fsp3) is 0.250. The number of ether oxygens (including phenoxy) is 1. The van der Waals surface area contributed by atoms with Gasteiger partial charge in [-0.1, -0.05) is 58.9 Å². The number of halogens is 1. The largest absolute Gasteiger partial charge is 0.465 e. The zero-order valence-electron chi connectivity index (χ0n) is 16.9. The number of carbonyl (C=O) groups excluding carboxylic acids is 1. The van der Waals surface area contributed by atoms with Crippen molar-refractivity contribution in [3.63, 3.8) is 0 Å². The second kappa shape index (κ2) is 7.68. The van der Waals surface area contributed by atoms with Crippen LogP contribution in [0.1, 0.15) is 29.7 Å². The van der Waals surface area contributed by atoms with E-state index in [1.165, 1.54) is 5.01 Å². The topological polar surface area (TPSA) is 89.5 Å². The van der Waals surface area contributed by atoms with Crippen LogP contribution < -0.4 is 0 Å². The molecule has 0 aliphatic carbocycles. The molecule has 1 fully saturated rings. The Morgan fingerprint density at radius 3 is 2.68 bits per heavy atom. The first kappa shape index (κ1) is 20.8. The fourth-order valence-corrected chi connectivity index (χ4v) is 5.03. The SMILES string of the molecule is C=C1C(C#N)(C#N)N2N=Cc3ccccc3[C@H]2[C@@]1(Cc1cccc(Br)c1)C(=O)OCC. The van der Waals surface area contributed by atoms with Gasteiger partial charge in [-0.3, -0.25) is 9.80 Å². The van der Waals surface area contributed by atoms with E-state index in [1.54, 1.807) is 13.1 Å². The van der Waals surface area contributed by atoms with E-state index in [4.69, 9.17) is 4.74 Å². The molecule has 0 spiro atoms. The van der Waals surface area contributed by atoms with Crippen LogP contribution in [-0.4, -0.2) is 29.3 Å². The maximum atomic E-state index is 13.7. The molecule has 0 amide bonds. The summed E-state index contributed by atoms with van der Waals surface area (Å²) in [6.45, 7) is 6.04. The van der Waals surface area contributed by atoms with Crippen molar-refractivity contribution in [1.29, 1.82) is 10.5 Å². The smallest absolute Gasteiger partial charge is 0.319 e. The van der Waals surface area contributed by atoms with Gasteiger partial charge in [0.2, 0.25) is 0 Å². The Labute approximate surface area is 189 Å². The number of nitrogens with zero attached hydrogens (tertiary/aromatic N) is 4. The molecule has 0 bridgehead atoms. The molecule has 2 aliphatic rings. The number of fused-ring (bicyclic) bond motifs is 3. The quantitative estimate of drug-likeness (QED) is 0.486. The van der Waals surface area contributed by atoms with Crippen LogP contribution in [0.5, 0.6) is 0 Å². The number of hydrazone groups is 1. The molecule has 2 aromatic carbocycles. The minimum atomic E-state index is -1.80. The predicted octanol–water partition coefficient (Wildman–Crippen LogP) is 4.29. The van der Waals surface area contributed by atoms with Crippen LogP contribution in [0.2, 0.25) is 0 Å². The van der Waals surface area contributed by atoms with Crippen LogP contribution in [0.4, 0.5) is 0 Å². The van der Waals surface area contributed by atoms with Gasteiger partial charge in [-0.25, -0.2) is 0 Å². The van der Waals surface area contributed by atoms with Crippen LogP contribution >= 0.6 is 15.9 Å². The molecule has 0 saturated carbocycles. The molecule has 31 heavy (non-hydrogen) atoms. The van der Waals surface area contributed by atoms with Crippen molar-refractivity contribution in [3.8, 4) is 12.1 Å². The Morgan fingerprint density at radius 2 is 2.00 bits per heavy atom. The van der Waals surface area contributed by atoms with Gasteiger partial charge in [-0.05, 0) is 47.7 Å². The Bertz CT molecular complexity index is 1180. The molecule has 0 unspecified atom stereocenters. The summed E-state index contributed by atoms with van der Waals surface area (Å²) in [6.07, 6.45) is 1.82. The number of hydrogen-bond acceptors (Lipinski definition) is 6. The summed E-state index contributed by atoms with van der Waals surface area (Å²) in [7, 11) is 0. The number of esters is 1. The van der Waals surface area contributed by atoms with Crippen molar-refractivity contribution in [2.45, 2.75) is 24.9 Å². The van der Waals surface area contributed by atoms with E-state index in [2.05, 4.69) is 39.7 Å². The van der Waals surface area contributed by atoms with E-state index in [-0.39, 0.29) is 18.6 Å². The van der Waals surface area contributed by atoms with Crippen LogP contribution in [0.15, 0.2) is 70.3 Å². The molecule has 0 aromatic heterocycles. The van der Waals surface area contributed by atoms with Gasteiger partial charge in [-0.2, -0.15) is 15.6 Å². The number of nitriles is 2. The van der Waals surface area contributed by atoms with Gasteiger partial charge in [0.1, 0.15) is 17.6 Å². The lowest BCUT2D eigenvalue weighted by Gasteiger charge is -2.37. The molecule has 4 rings (SSSR count). The lowest BCUT2D eigenvalue weighted by Crippen LogP contribution is -2.42. The maximum absolute atomic E-state index is 13.7. The summed E-state index contributed by atoms with van der Waals surface area (Å²) < 4.78 is 6.40. The Morgan fingerprint density at radius 1 is 1.26 bits per heavy atom. The van der Waals surface area contributed by atoms with E-state index in [0.29, 0.717) is 0 Å². The van der Waals surface area contributed by atoms with Crippen molar-refractivity contribution >= 4 is 28.1 Å². The highest BCUT2D eigenvalue weighted by Crippen LogP contribution is 2.60. The van der Waals surface area contributed by atoms with Crippen molar-refractivity contribution in [2.24, 2.45) is 10.5 Å². The molecule has 1 saturated heterocycles. The van der Waals surface area contributed by atoms with Crippen LogP contribution in [0.3, 0.4) is 0 Å². The molecular formula is C24H19BrN4O2. The molecule has 154 valence electrons. The second-order valence-corrected chi connectivity index (χ2v) is 8.45. The van der Waals surface area contributed by atoms with E-state index < -0.39 is 23.0 Å². The number of rotatable bonds is 4. The molecular weight excluding hydrogens is 456 g/mol. The molecule has 7 heteroatoms. The minimum Gasteiger partial charge on any atom is -0.465 e. The van der Waals surface area contributed by atoms with Gasteiger partial charge in [0.05, 0.1) is 18.9 Å². The van der Waals surface area contributed by atoms with Gasteiger partial charge in [0.25, 0.3) is 5.54 Å². The number of hydrogen-bond donors (Lipinski definition) is 0. The molecule has 2 aliphatic heterocycles. The standard InChI is InChI=1S/C24H19BrN4O2/c1-3-31-22(30)24(12-17-7-6-9-19(25)11-17)16(2)23(14-26,15-27)29-21(24)20-10-5-4-8-18(20)13-28-29/h4-11,13,21H,2-3,12H2,1H3/t21-,24-/m0/s1. The summed E-state index contributed by atoms with van der Waals surface area (Å²) in [6, 6.07) is 18.6. The van der Waals surface area contributed by atoms with Gasteiger partial charge >= 0.3 is 5.97 Å². The van der Waals surface area contributed by atoms with E-state index >= 15 is 0 Å². The third-order valence-electron chi connectivity index (χ3n) is 5.98. The minimum absolute atomic E-state index is 0.163. The zero-order valence-corrected chi connectivity index (χ0v) is 18.5. The van der Waals surface area contributed by atoms with Gasteiger partial charge in [0, 0.05) is 4.47 Å². The monoisotopic (exact) mass is 474 g/mol. The number of benzene rings is 2. The lowest BCUT2D eigenvalue weighted by atomic mass is 9.67. The summed E-state index contributed by atoms with van der Waals surface area (Å²) in [5.74, 6) is -0.519. The highest BCUT2D eigenvalue weighted by atomic mass is 79.9. The Hall–Kier alpha value is -3.42. The summed E-state index contributed by atoms with van der Waals surface area (Å²) >= 11 is 3.48. The van der Waals surface area contributed by atoms with Crippen LogP contribution in [0, 0.1) is 28.1 Å². The highest BCUT2D eigenvalue weighted by molar-refractivity contribution is 9.10. The fourth-order valence-electron chi connectivity index (χ4n) is 4.58. The molecule has 2 aromatic rings. The molecule has 2 heterocycles. The van der Waals surface area contributed by atoms with E-state index in [0.717, 1.165) is 21.2 Å². The highest BCUT2D eigenvalue weighted by Gasteiger charge is 2.69. The third kappa shape index (κ3) is 2.89.